The fourth-order valence-corrected chi connectivity index (χ4v) is 4.14. The smallest absolute Gasteiger partial charge is 0.307 e. The lowest BCUT2D eigenvalue weighted by Crippen LogP contribution is -2.49. The van der Waals surface area contributed by atoms with Crippen LogP contribution < -0.4 is 10.8 Å². The van der Waals surface area contributed by atoms with E-state index in [2.05, 4.69) is 15.8 Å². The van der Waals surface area contributed by atoms with Gasteiger partial charge in [0.2, 0.25) is 5.96 Å². The van der Waals surface area contributed by atoms with E-state index in [9.17, 15) is 9.18 Å². The van der Waals surface area contributed by atoms with E-state index in [0.29, 0.717) is 23.8 Å². The predicted molar refractivity (Wildman–Crippen MR) is 143 cm³/mol. The third-order valence-corrected chi connectivity index (χ3v) is 6.00. The number of carboxylic acid groups (broad SMARTS) is 1. The van der Waals surface area contributed by atoms with Crippen molar-refractivity contribution in [3.05, 3.63) is 77.5 Å². The summed E-state index contributed by atoms with van der Waals surface area (Å²) in [5.41, 5.74) is 6.42. The Kier molecular flexibility index (Phi) is 9.76. The molecule has 1 aliphatic rings. The highest BCUT2D eigenvalue weighted by molar-refractivity contribution is 6.25. The molecule has 2 aromatic rings. The van der Waals surface area contributed by atoms with Crippen LogP contribution in [0.2, 0.25) is 0 Å². The number of hydrogen-bond acceptors (Lipinski definition) is 5. The Bertz CT molecular complexity index is 1230. The van der Waals surface area contributed by atoms with Crippen molar-refractivity contribution >= 4 is 40.0 Å². The Hall–Kier alpha value is -3.52. The van der Waals surface area contributed by atoms with Gasteiger partial charge in [0, 0.05) is 35.1 Å². The van der Waals surface area contributed by atoms with Crippen molar-refractivity contribution < 1.29 is 19.1 Å². The Morgan fingerprint density at radius 2 is 2.22 bits per heavy atom. The number of aliphatic imine (C=N–C) groups is 1. The lowest BCUT2D eigenvalue weighted by atomic mass is 9.93. The maximum atomic E-state index is 15.0. The molecular formula is C27H32ClFN4O3. The summed E-state index contributed by atoms with van der Waals surface area (Å²) >= 11 is 5.89. The molecular weight excluding hydrogens is 483 g/mol. The van der Waals surface area contributed by atoms with Crippen LogP contribution >= 0.6 is 11.6 Å². The minimum atomic E-state index is -0.954. The van der Waals surface area contributed by atoms with Crippen LogP contribution in [0.5, 0.6) is 0 Å². The maximum Gasteiger partial charge on any atom is 0.307 e. The van der Waals surface area contributed by atoms with E-state index >= 15 is 0 Å². The van der Waals surface area contributed by atoms with Crippen molar-refractivity contribution in [1.29, 1.82) is 0 Å². The van der Waals surface area contributed by atoms with Gasteiger partial charge in [-0.1, -0.05) is 36.8 Å². The molecule has 0 saturated heterocycles. The summed E-state index contributed by atoms with van der Waals surface area (Å²) in [6.45, 7) is 7.08. The summed E-state index contributed by atoms with van der Waals surface area (Å²) in [6, 6.07) is 5.24. The van der Waals surface area contributed by atoms with Crippen molar-refractivity contribution in [1.82, 2.24) is 15.4 Å². The molecule has 3 N–H and O–H groups in total. The van der Waals surface area contributed by atoms with Gasteiger partial charge in [-0.05, 0) is 56.2 Å². The van der Waals surface area contributed by atoms with Crippen LogP contribution in [-0.4, -0.2) is 34.2 Å². The van der Waals surface area contributed by atoms with Gasteiger partial charge in [-0.15, -0.1) is 0 Å². The monoisotopic (exact) mass is 514 g/mol. The van der Waals surface area contributed by atoms with Crippen LogP contribution in [0.25, 0.3) is 16.5 Å². The molecule has 2 atom stereocenters. The first-order valence-electron chi connectivity index (χ1n) is 11.9. The number of nitrogens with zero attached hydrogens (tertiary/aromatic N) is 2. The molecule has 2 heterocycles. The zero-order chi connectivity index (χ0) is 26.1. The quantitative estimate of drug-likeness (QED) is 0.213. The number of carbonyl (C=O) groups is 1. The highest BCUT2D eigenvalue weighted by atomic mass is 35.5. The molecule has 0 radical (unpaired) electrons. The van der Waals surface area contributed by atoms with E-state index in [-0.39, 0.29) is 24.2 Å². The first-order chi connectivity index (χ1) is 17.4. The Balaban J connectivity index is 1.77. The lowest BCUT2D eigenvalue weighted by Gasteiger charge is -2.29. The van der Waals surface area contributed by atoms with Gasteiger partial charge < -0.3 is 19.8 Å². The van der Waals surface area contributed by atoms with Crippen molar-refractivity contribution in [2.24, 2.45) is 10.9 Å². The number of rotatable bonds is 10. The number of halogens is 2. The van der Waals surface area contributed by atoms with Crippen LogP contribution in [0.3, 0.4) is 0 Å². The molecule has 1 aliphatic heterocycles. The van der Waals surface area contributed by atoms with E-state index in [4.69, 9.17) is 21.5 Å². The molecule has 0 spiro atoms. The Labute approximate surface area is 215 Å². The van der Waals surface area contributed by atoms with Crippen molar-refractivity contribution in [2.45, 2.75) is 46.2 Å². The van der Waals surface area contributed by atoms with E-state index in [1.165, 1.54) is 11.6 Å². The summed E-state index contributed by atoms with van der Waals surface area (Å²) < 4.78 is 17.0. The predicted octanol–water partition coefficient (Wildman–Crippen LogP) is 5.75. The molecule has 1 aromatic heterocycles. The Morgan fingerprint density at radius 1 is 1.42 bits per heavy atom. The first kappa shape index (κ1) is 27.1. The van der Waals surface area contributed by atoms with E-state index in [1.807, 2.05) is 55.8 Å². The molecule has 0 amide bonds. The number of hydroxylamine groups is 1. The third kappa shape index (κ3) is 7.01. The summed E-state index contributed by atoms with van der Waals surface area (Å²) in [5, 5.41) is 13.2. The molecule has 0 aliphatic carbocycles. The van der Waals surface area contributed by atoms with Crippen LogP contribution in [0.4, 0.5) is 4.39 Å². The average Bonchev–Trinajstić information content (AvgIpc) is 3.26. The van der Waals surface area contributed by atoms with Crippen LogP contribution in [0.1, 0.15) is 39.2 Å². The van der Waals surface area contributed by atoms with Crippen LogP contribution in [-0.2, 0) is 16.2 Å². The second-order valence-electron chi connectivity index (χ2n) is 8.40. The molecule has 9 heteroatoms. The van der Waals surface area contributed by atoms with Crippen LogP contribution in [0.15, 0.2) is 71.1 Å². The topological polar surface area (TPSA) is 87.9 Å². The van der Waals surface area contributed by atoms with Crippen molar-refractivity contribution in [3.8, 4) is 0 Å². The molecule has 1 aromatic carbocycles. The van der Waals surface area contributed by atoms with E-state index in [0.717, 1.165) is 29.4 Å². The number of carboxylic acids is 1. The van der Waals surface area contributed by atoms with Crippen LogP contribution in [0, 0.1) is 11.7 Å². The number of aliphatic carboxylic acids is 1. The second-order valence-corrected chi connectivity index (χ2v) is 8.66. The fourth-order valence-electron chi connectivity index (χ4n) is 3.98. The molecule has 0 saturated carbocycles. The number of guanidine groups is 1. The van der Waals surface area contributed by atoms with Gasteiger partial charge in [-0.2, -0.15) is 5.48 Å². The molecule has 2 unspecified atom stereocenters. The molecule has 36 heavy (non-hydrogen) atoms. The van der Waals surface area contributed by atoms with Gasteiger partial charge >= 0.3 is 5.97 Å². The minimum absolute atomic E-state index is 0.0807. The standard InChI is InChI=1S/C27H32ClFN4O3/c1-4-6-7-21(8-9-26(34)35)36-32-27-30-17-20(24(31-27)10-12-28)14-18(3)22-15-19-11-13-33(5-2)25(19)16-23(22)29/h6-8,10-16,20,24H,4-5,9,17H2,1-3H3,(H,34,35)(H2,30,31,32)/b7-6-,12-10+,18-14+,21-8+. The zero-order valence-electron chi connectivity index (χ0n) is 20.7. The second kappa shape index (κ2) is 13.0. The van der Waals surface area contributed by atoms with Gasteiger partial charge in [0.1, 0.15) is 5.82 Å². The molecule has 0 bridgehead atoms. The molecule has 3 rings (SSSR count). The number of aryl methyl sites for hydroxylation is 1. The number of hydrogen-bond donors (Lipinski definition) is 3. The highest BCUT2D eigenvalue weighted by Crippen LogP contribution is 2.27. The van der Waals surface area contributed by atoms with Gasteiger partial charge in [-0.3, -0.25) is 9.79 Å². The summed E-state index contributed by atoms with van der Waals surface area (Å²) in [5.74, 6) is -0.545. The summed E-state index contributed by atoms with van der Waals surface area (Å²) in [4.78, 5) is 21.0. The first-order valence-corrected chi connectivity index (χ1v) is 12.4. The van der Waals surface area contributed by atoms with E-state index < -0.39 is 5.97 Å². The normalized spacial score (nSPS) is 19.1. The number of nitrogens with one attached hydrogen (secondary N) is 2. The van der Waals surface area contributed by atoms with Gasteiger partial charge in [0.05, 0.1) is 24.5 Å². The van der Waals surface area contributed by atoms with Crippen molar-refractivity contribution in [2.75, 3.05) is 6.54 Å². The number of fused-ring (bicyclic) bond motifs is 1. The molecule has 7 nitrogen and oxygen atoms in total. The average molecular weight is 515 g/mol. The SMILES string of the molecule is CC/C=C\C(=C/CC(=O)O)ONC1=NCC(/C=C(\C)c2cc3ccn(CC)c3cc2F)C(/C=C/Cl)N1. The minimum Gasteiger partial charge on any atom is -0.481 e. The maximum absolute atomic E-state index is 15.0. The van der Waals surface area contributed by atoms with Gasteiger partial charge in [0.15, 0.2) is 5.76 Å². The summed E-state index contributed by atoms with van der Waals surface area (Å²) in [7, 11) is 0. The van der Waals surface area contributed by atoms with Gasteiger partial charge in [0.25, 0.3) is 0 Å². The zero-order valence-corrected chi connectivity index (χ0v) is 21.4. The fraction of sp³-hybridized carbons (Fsp3) is 0.333. The highest BCUT2D eigenvalue weighted by Gasteiger charge is 2.24. The Morgan fingerprint density at radius 3 is 2.92 bits per heavy atom. The lowest BCUT2D eigenvalue weighted by molar-refractivity contribution is -0.136. The van der Waals surface area contributed by atoms with Gasteiger partial charge in [-0.25, -0.2) is 4.39 Å². The number of aromatic nitrogens is 1. The summed E-state index contributed by atoms with van der Waals surface area (Å²) in [6.07, 6.45) is 11.4. The third-order valence-electron chi connectivity index (χ3n) is 5.86. The van der Waals surface area contributed by atoms with E-state index in [1.54, 1.807) is 18.2 Å². The molecule has 0 fully saturated rings. The number of allylic oxidation sites excluding steroid dienone is 3. The van der Waals surface area contributed by atoms with Crippen molar-refractivity contribution in [3.63, 3.8) is 0 Å². The largest absolute Gasteiger partial charge is 0.481 e. The number of benzene rings is 1. The molecule has 192 valence electrons.